The number of carbonyl (C=O) groups excluding carboxylic acids is 3. The number of hydrogen-bond acceptors (Lipinski definition) is 5. The average Bonchev–Trinajstić information content (AvgIpc) is 3.27. The first kappa shape index (κ1) is 20.4. The summed E-state index contributed by atoms with van der Waals surface area (Å²) < 4.78 is 5.31. The van der Waals surface area contributed by atoms with Crippen LogP contribution in [-0.2, 0) is 16.0 Å². The van der Waals surface area contributed by atoms with Crippen LogP contribution in [0.15, 0.2) is 18.2 Å². The van der Waals surface area contributed by atoms with Crippen molar-refractivity contribution in [2.75, 3.05) is 39.8 Å². The first-order valence-electron chi connectivity index (χ1n) is 10.6. The maximum atomic E-state index is 12.6. The lowest BCUT2D eigenvalue weighted by atomic mass is 9.87. The molecular formula is C22H28N4O4. The summed E-state index contributed by atoms with van der Waals surface area (Å²) in [7, 11) is 2.12. The summed E-state index contributed by atoms with van der Waals surface area (Å²) in [5, 5.41) is 3.58. The minimum atomic E-state index is -0.334. The molecule has 8 nitrogen and oxygen atoms in total. The van der Waals surface area contributed by atoms with Crippen molar-refractivity contribution < 1.29 is 19.1 Å². The molecule has 30 heavy (non-hydrogen) atoms. The Hall–Kier alpha value is -2.87. The number of H-pyrrole nitrogens is 1. The van der Waals surface area contributed by atoms with Gasteiger partial charge < -0.3 is 19.9 Å². The third-order valence-corrected chi connectivity index (χ3v) is 6.07. The molecule has 8 heteroatoms. The molecule has 0 bridgehead atoms. The summed E-state index contributed by atoms with van der Waals surface area (Å²) in [6.45, 7) is 4.53. The summed E-state index contributed by atoms with van der Waals surface area (Å²) in [6, 6.07) is 5.70. The molecule has 0 saturated carbocycles. The van der Waals surface area contributed by atoms with Gasteiger partial charge in [0.1, 0.15) is 5.69 Å². The van der Waals surface area contributed by atoms with Crippen molar-refractivity contribution in [1.82, 2.24) is 20.1 Å². The summed E-state index contributed by atoms with van der Waals surface area (Å²) in [6.07, 6.45) is 2.55. The van der Waals surface area contributed by atoms with Crippen molar-refractivity contribution in [3.05, 3.63) is 35.0 Å². The number of nitrogens with zero attached hydrogens (tertiary/aromatic N) is 2. The van der Waals surface area contributed by atoms with Crippen molar-refractivity contribution in [2.45, 2.75) is 32.1 Å². The van der Waals surface area contributed by atoms with Crippen molar-refractivity contribution in [1.29, 1.82) is 0 Å². The number of imide groups is 1. The Bertz CT molecular complexity index is 959. The number of rotatable bonds is 6. The SMILES string of the molecule is CCOC(=O)c1[nH]c2ccc(CCN3C(=O)CNC3=O)cc2c1C1CCN(C)CC1. The average molecular weight is 412 g/mol. The van der Waals surface area contributed by atoms with Gasteiger partial charge in [0.25, 0.3) is 0 Å². The van der Waals surface area contributed by atoms with Gasteiger partial charge in [0.05, 0.1) is 13.2 Å². The fraction of sp³-hybridized carbons (Fsp3) is 0.500. The number of esters is 1. The maximum absolute atomic E-state index is 12.6. The predicted molar refractivity (Wildman–Crippen MR) is 113 cm³/mol. The van der Waals surface area contributed by atoms with Crippen LogP contribution in [0.5, 0.6) is 0 Å². The van der Waals surface area contributed by atoms with Gasteiger partial charge in [0.2, 0.25) is 5.91 Å². The molecule has 2 saturated heterocycles. The van der Waals surface area contributed by atoms with Gasteiger partial charge in [-0.3, -0.25) is 9.69 Å². The number of nitrogens with one attached hydrogen (secondary N) is 2. The number of ether oxygens (including phenoxy) is 1. The molecule has 0 radical (unpaired) electrons. The number of carbonyl (C=O) groups is 3. The Morgan fingerprint density at radius 3 is 2.67 bits per heavy atom. The highest BCUT2D eigenvalue weighted by atomic mass is 16.5. The Kier molecular flexibility index (Phi) is 5.76. The molecule has 0 unspecified atom stereocenters. The third-order valence-electron chi connectivity index (χ3n) is 6.07. The van der Waals surface area contributed by atoms with Crippen LogP contribution in [0.3, 0.4) is 0 Å². The second kappa shape index (κ2) is 8.47. The Morgan fingerprint density at radius 2 is 2.00 bits per heavy atom. The van der Waals surface area contributed by atoms with E-state index in [1.54, 1.807) is 0 Å². The van der Waals surface area contributed by atoms with Gasteiger partial charge in [0.15, 0.2) is 0 Å². The zero-order valence-corrected chi connectivity index (χ0v) is 17.5. The highest BCUT2D eigenvalue weighted by Gasteiger charge is 2.29. The van der Waals surface area contributed by atoms with E-state index in [-0.39, 0.29) is 30.4 Å². The lowest BCUT2D eigenvalue weighted by Gasteiger charge is -2.29. The van der Waals surface area contributed by atoms with Crippen LogP contribution in [0.1, 0.15) is 47.3 Å². The van der Waals surface area contributed by atoms with Gasteiger partial charge in [-0.2, -0.15) is 0 Å². The largest absolute Gasteiger partial charge is 0.461 e. The molecule has 0 atom stereocenters. The summed E-state index contributed by atoms with van der Waals surface area (Å²) >= 11 is 0. The number of amides is 3. The van der Waals surface area contributed by atoms with E-state index in [1.165, 1.54) is 4.90 Å². The minimum absolute atomic E-state index is 0.0683. The van der Waals surface area contributed by atoms with Gasteiger partial charge in [-0.15, -0.1) is 0 Å². The van der Waals surface area contributed by atoms with Gasteiger partial charge >= 0.3 is 12.0 Å². The Morgan fingerprint density at radius 1 is 1.23 bits per heavy atom. The molecule has 0 aliphatic carbocycles. The number of likely N-dealkylation sites (tertiary alicyclic amines) is 1. The number of urea groups is 1. The molecule has 2 aromatic rings. The lowest BCUT2D eigenvalue weighted by Crippen LogP contribution is -2.32. The number of hydrogen-bond donors (Lipinski definition) is 2. The molecule has 2 aliphatic heterocycles. The van der Waals surface area contributed by atoms with Crippen LogP contribution in [-0.4, -0.2) is 72.5 Å². The molecule has 2 fully saturated rings. The van der Waals surface area contributed by atoms with Gasteiger partial charge in [-0.1, -0.05) is 6.07 Å². The fourth-order valence-electron chi connectivity index (χ4n) is 4.42. The normalized spacial score (nSPS) is 18.3. The van der Waals surface area contributed by atoms with Crippen molar-refractivity contribution in [2.24, 2.45) is 0 Å². The topological polar surface area (TPSA) is 94.7 Å². The molecular weight excluding hydrogens is 384 g/mol. The first-order valence-corrected chi connectivity index (χ1v) is 10.6. The first-order chi connectivity index (χ1) is 14.5. The summed E-state index contributed by atoms with van der Waals surface area (Å²) in [5.41, 5.74) is 3.52. The Labute approximate surface area is 175 Å². The van der Waals surface area contributed by atoms with E-state index < -0.39 is 0 Å². The van der Waals surface area contributed by atoms with E-state index in [2.05, 4.69) is 28.3 Å². The maximum Gasteiger partial charge on any atom is 0.355 e. The van der Waals surface area contributed by atoms with Crippen LogP contribution in [0.2, 0.25) is 0 Å². The molecule has 1 aromatic carbocycles. The lowest BCUT2D eigenvalue weighted by molar-refractivity contribution is -0.124. The van der Waals surface area contributed by atoms with Crippen molar-refractivity contribution in [3.63, 3.8) is 0 Å². The summed E-state index contributed by atoms with van der Waals surface area (Å²) in [4.78, 5) is 43.1. The standard InChI is InChI=1S/C22H28N4O4/c1-3-30-21(28)20-19(15-7-9-25(2)10-8-15)16-12-14(4-5-17(16)24-20)6-11-26-18(27)13-23-22(26)29/h4-5,12,15,24H,3,6-11,13H2,1-2H3,(H,23,29). The van der Waals surface area contributed by atoms with Gasteiger partial charge in [-0.05, 0) is 75.5 Å². The van der Waals surface area contributed by atoms with Crippen LogP contribution >= 0.6 is 0 Å². The molecule has 1 aromatic heterocycles. The monoisotopic (exact) mass is 412 g/mol. The quantitative estimate of drug-likeness (QED) is 0.561. The zero-order chi connectivity index (χ0) is 21.3. The van der Waals surface area contributed by atoms with Gasteiger partial charge in [0, 0.05) is 17.4 Å². The number of aromatic amines is 1. The molecule has 160 valence electrons. The van der Waals surface area contributed by atoms with E-state index in [0.717, 1.165) is 48.0 Å². The smallest absolute Gasteiger partial charge is 0.355 e. The van der Waals surface area contributed by atoms with Crippen molar-refractivity contribution in [3.8, 4) is 0 Å². The predicted octanol–water partition coefficient (Wildman–Crippen LogP) is 2.25. The molecule has 4 rings (SSSR count). The molecule has 0 spiro atoms. The van der Waals surface area contributed by atoms with Crippen molar-refractivity contribution >= 4 is 28.8 Å². The van der Waals surface area contributed by atoms with Crippen LogP contribution in [0.25, 0.3) is 10.9 Å². The molecule has 2 aliphatic rings. The highest BCUT2D eigenvalue weighted by molar-refractivity contribution is 6.02. The zero-order valence-electron chi connectivity index (χ0n) is 17.5. The van der Waals surface area contributed by atoms with E-state index in [9.17, 15) is 14.4 Å². The Balaban J connectivity index is 1.65. The molecule has 3 heterocycles. The minimum Gasteiger partial charge on any atom is -0.461 e. The van der Waals surface area contributed by atoms with E-state index in [1.807, 2.05) is 19.1 Å². The number of fused-ring (bicyclic) bond motifs is 1. The second-order valence-electron chi connectivity index (χ2n) is 8.05. The van der Waals surface area contributed by atoms with E-state index >= 15 is 0 Å². The van der Waals surface area contributed by atoms with E-state index in [0.29, 0.717) is 25.3 Å². The van der Waals surface area contributed by atoms with Crippen LogP contribution in [0, 0.1) is 0 Å². The fourth-order valence-corrected chi connectivity index (χ4v) is 4.42. The van der Waals surface area contributed by atoms with E-state index in [4.69, 9.17) is 4.74 Å². The third kappa shape index (κ3) is 3.92. The number of aromatic nitrogens is 1. The molecule has 2 N–H and O–H groups in total. The second-order valence-corrected chi connectivity index (χ2v) is 8.05. The van der Waals surface area contributed by atoms with Gasteiger partial charge in [-0.25, -0.2) is 9.59 Å². The number of benzene rings is 1. The number of piperidine rings is 1. The van der Waals surface area contributed by atoms with Crippen LogP contribution < -0.4 is 5.32 Å². The molecule has 3 amide bonds. The summed E-state index contributed by atoms with van der Waals surface area (Å²) in [5.74, 6) is -0.224. The highest BCUT2D eigenvalue weighted by Crippen LogP contribution is 2.36. The van der Waals surface area contributed by atoms with Crippen LogP contribution in [0.4, 0.5) is 4.79 Å².